The van der Waals surface area contributed by atoms with Gasteiger partial charge in [0.05, 0.1) is 4.92 Å². The fourth-order valence-corrected chi connectivity index (χ4v) is 4.22. The predicted molar refractivity (Wildman–Crippen MR) is 116 cm³/mol. The number of amides is 1. The van der Waals surface area contributed by atoms with Crippen molar-refractivity contribution in [3.8, 4) is 5.75 Å². The Balaban J connectivity index is 1.46. The van der Waals surface area contributed by atoms with Crippen molar-refractivity contribution in [2.75, 3.05) is 13.2 Å². The minimum atomic E-state index is -0.531. The summed E-state index contributed by atoms with van der Waals surface area (Å²) in [7, 11) is 0. The molecule has 30 heavy (non-hydrogen) atoms. The lowest BCUT2D eigenvalue weighted by Gasteiger charge is -2.16. The van der Waals surface area contributed by atoms with Crippen LogP contribution in [0.25, 0.3) is 10.9 Å². The van der Waals surface area contributed by atoms with Crippen molar-refractivity contribution in [3.63, 3.8) is 0 Å². The number of ether oxygens (including phenoxy) is 1. The number of aromatic nitrogens is 1. The van der Waals surface area contributed by atoms with Crippen LogP contribution in [0.3, 0.4) is 0 Å². The van der Waals surface area contributed by atoms with Gasteiger partial charge in [0.1, 0.15) is 0 Å². The average Bonchev–Trinajstić information content (AvgIpc) is 3.43. The number of carbonyl (C=O) groups excluding carboxylic acids is 1. The van der Waals surface area contributed by atoms with E-state index in [-0.39, 0.29) is 29.9 Å². The summed E-state index contributed by atoms with van der Waals surface area (Å²) in [6.45, 7) is 0.0946. The number of nitro benzene ring substituents is 1. The number of H-pyrrole nitrogens is 1. The van der Waals surface area contributed by atoms with E-state index in [1.54, 1.807) is 23.5 Å². The molecule has 152 valence electrons. The third kappa shape index (κ3) is 4.18. The fraction of sp³-hybridized carbons (Fsp3) is 0.136. The number of para-hydroxylation sites is 3. The first-order valence-corrected chi connectivity index (χ1v) is 10.2. The number of fused-ring (bicyclic) bond motifs is 1. The highest BCUT2D eigenvalue weighted by Crippen LogP contribution is 2.33. The second-order valence-electron chi connectivity index (χ2n) is 6.68. The van der Waals surface area contributed by atoms with Gasteiger partial charge in [0.2, 0.25) is 0 Å². The van der Waals surface area contributed by atoms with E-state index in [2.05, 4.69) is 16.4 Å². The van der Waals surface area contributed by atoms with Crippen LogP contribution in [0.1, 0.15) is 16.4 Å². The molecule has 0 radical (unpaired) electrons. The topological polar surface area (TPSA) is 97.3 Å². The maximum absolute atomic E-state index is 12.4. The zero-order valence-corrected chi connectivity index (χ0v) is 16.7. The average molecular weight is 421 g/mol. The molecule has 0 aliphatic heterocycles. The Labute approximate surface area is 176 Å². The summed E-state index contributed by atoms with van der Waals surface area (Å²) < 4.78 is 5.39. The second-order valence-corrected chi connectivity index (χ2v) is 7.65. The van der Waals surface area contributed by atoms with E-state index in [0.29, 0.717) is 6.54 Å². The number of aromatic amines is 1. The van der Waals surface area contributed by atoms with E-state index in [1.165, 1.54) is 12.1 Å². The molecule has 1 unspecified atom stereocenters. The number of hydrogen-bond donors (Lipinski definition) is 2. The fourth-order valence-electron chi connectivity index (χ4n) is 3.38. The molecule has 0 saturated heterocycles. The van der Waals surface area contributed by atoms with Gasteiger partial charge < -0.3 is 15.0 Å². The first-order chi connectivity index (χ1) is 14.6. The molecule has 7 nitrogen and oxygen atoms in total. The quantitative estimate of drug-likeness (QED) is 0.324. The number of nitrogens with zero attached hydrogens (tertiary/aromatic N) is 1. The van der Waals surface area contributed by atoms with Gasteiger partial charge in [-0.25, -0.2) is 0 Å². The largest absolute Gasteiger partial charge is 0.477 e. The lowest BCUT2D eigenvalue weighted by molar-refractivity contribution is -0.385. The molecule has 0 saturated carbocycles. The number of hydrogen-bond acceptors (Lipinski definition) is 5. The summed E-state index contributed by atoms with van der Waals surface area (Å²) in [6, 6.07) is 18.1. The molecule has 0 bridgehead atoms. The van der Waals surface area contributed by atoms with Crippen LogP contribution < -0.4 is 10.1 Å². The Morgan fingerprint density at radius 2 is 1.93 bits per heavy atom. The number of benzene rings is 2. The van der Waals surface area contributed by atoms with E-state index in [4.69, 9.17) is 4.74 Å². The SMILES string of the molecule is O=C(COc1ccccc1[N+](=O)[O-])NCC(c1cccs1)c1c[nH]c2ccccc12. The minimum Gasteiger partial charge on any atom is -0.477 e. The van der Waals surface area contributed by atoms with Crippen LogP contribution in [0.15, 0.2) is 72.2 Å². The number of carbonyl (C=O) groups is 1. The van der Waals surface area contributed by atoms with Crippen molar-refractivity contribution in [2.24, 2.45) is 0 Å². The van der Waals surface area contributed by atoms with Crippen molar-refractivity contribution in [1.82, 2.24) is 10.3 Å². The van der Waals surface area contributed by atoms with Gasteiger partial charge in [-0.1, -0.05) is 36.4 Å². The molecular weight excluding hydrogens is 402 g/mol. The number of nitrogens with one attached hydrogen (secondary N) is 2. The summed E-state index contributed by atoms with van der Waals surface area (Å²) in [4.78, 5) is 27.4. The molecule has 8 heteroatoms. The summed E-state index contributed by atoms with van der Waals surface area (Å²) in [6.07, 6.45) is 1.98. The summed E-state index contributed by atoms with van der Waals surface area (Å²) in [5.74, 6) is -0.283. The van der Waals surface area contributed by atoms with E-state index in [1.807, 2.05) is 41.9 Å². The molecule has 0 spiro atoms. The highest BCUT2D eigenvalue weighted by molar-refractivity contribution is 7.10. The molecular formula is C22H19N3O4S. The van der Waals surface area contributed by atoms with Crippen LogP contribution in [-0.4, -0.2) is 29.0 Å². The van der Waals surface area contributed by atoms with Crippen LogP contribution in [0.4, 0.5) is 5.69 Å². The van der Waals surface area contributed by atoms with Crippen LogP contribution in [0.5, 0.6) is 5.75 Å². The molecule has 2 aromatic heterocycles. The van der Waals surface area contributed by atoms with E-state index in [9.17, 15) is 14.9 Å². The maximum atomic E-state index is 12.4. The standard InChI is InChI=1S/C22H19N3O4S/c26-22(14-29-20-9-4-3-8-19(20)25(27)28)24-13-17(21-10-5-11-30-21)16-12-23-18-7-2-1-6-15(16)18/h1-12,17,23H,13-14H2,(H,24,26). The van der Waals surface area contributed by atoms with Crippen LogP contribution in [0, 0.1) is 10.1 Å². The lowest BCUT2D eigenvalue weighted by atomic mass is 9.96. The molecule has 0 fully saturated rings. The summed E-state index contributed by atoms with van der Waals surface area (Å²) >= 11 is 1.63. The molecule has 2 aromatic carbocycles. The number of thiophene rings is 1. The van der Waals surface area contributed by atoms with Gasteiger partial charge in [0.25, 0.3) is 5.91 Å². The lowest BCUT2D eigenvalue weighted by Crippen LogP contribution is -2.32. The first-order valence-electron chi connectivity index (χ1n) is 9.36. The van der Waals surface area contributed by atoms with Crippen molar-refractivity contribution in [1.29, 1.82) is 0 Å². The third-order valence-electron chi connectivity index (χ3n) is 4.81. The number of rotatable bonds is 8. The van der Waals surface area contributed by atoms with Gasteiger partial charge in [0.15, 0.2) is 12.4 Å². The van der Waals surface area contributed by atoms with Gasteiger partial charge in [-0.05, 0) is 29.1 Å². The maximum Gasteiger partial charge on any atom is 0.310 e. The van der Waals surface area contributed by atoms with E-state index < -0.39 is 4.92 Å². The second kappa shape index (κ2) is 8.79. The Hall–Kier alpha value is -3.65. The van der Waals surface area contributed by atoms with Gasteiger partial charge in [-0.15, -0.1) is 11.3 Å². The van der Waals surface area contributed by atoms with Crippen molar-refractivity contribution in [2.45, 2.75) is 5.92 Å². The molecule has 2 heterocycles. The highest BCUT2D eigenvalue weighted by Gasteiger charge is 2.20. The van der Waals surface area contributed by atoms with Crippen LogP contribution in [0.2, 0.25) is 0 Å². The van der Waals surface area contributed by atoms with Crippen molar-refractivity contribution >= 4 is 33.8 Å². The van der Waals surface area contributed by atoms with E-state index >= 15 is 0 Å². The molecule has 4 rings (SSSR count). The molecule has 1 atom stereocenters. The first kappa shape index (κ1) is 19.7. The molecule has 2 N–H and O–H groups in total. The third-order valence-corrected chi connectivity index (χ3v) is 5.79. The Morgan fingerprint density at radius 3 is 2.73 bits per heavy atom. The monoisotopic (exact) mass is 421 g/mol. The van der Waals surface area contributed by atoms with E-state index in [0.717, 1.165) is 21.3 Å². The van der Waals surface area contributed by atoms with Gasteiger partial charge in [-0.2, -0.15) is 0 Å². The molecule has 0 aliphatic rings. The van der Waals surface area contributed by atoms with Crippen molar-refractivity contribution < 1.29 is 14.5 Å². The van der Waals surface area contributed by atoms with Gasteiger partial charge in [0, 0.05) is 40.5 Å². The molecule has 1 amide bonds. The van der Waals surface area contributed by atoms with Crippen LogP contribution >= 0.6 is 11.3 Å². The van der Waals surface area contributed by atoms with Gasteiger partial charge >= 0.3 is 5.69 Å². The normalized spacial score (nSPS) is 11.9. The Kier molecular flexibility index (Phi) is 5.76. The molecule has 4 aromatic rings. The zero-order chi connectivity index (χ0) is 20.9. The van der Waals surface area contributed by atoms with Crippen molar-refractivity contribution in [3.05, 3.63) is 92.8 Å². The smallest absolute Gasteiger partial charge is 0.310 e. The Bertz CT molecular complexity index is 1170. The molecule has 0 aliphatic carbocycles. The van der Waals surface area contributed by atoms with Crippen LogP contribution in [-0.2, 0) is 4.79 Å². The predicted octanol–water partition coefficient (Wildman–Crippen LogP) is 4.46. The highest BCUT2D eigenvalue weighted by atomic mass is 32.1. The zero-order valence-electron chi connectivity index (χ0n) is 15.9. The Morgan fingerprint density at radius 1 is 1.13 bits per heavy atom. The summed E-state index contributed by atoms with van der Waals surface area (Å²) in [5, 5.41) is 17.1. The minimum absolute atomic E-state index is 0.0174. The van der Waals surface area contributed by atoms with Gasteiger partial charge in [-0.3, -0.25) is 14.9 Å². The summed E-state index contributed by atoms with van der Waals surface area (Å²) in [5.41, 5.74) is 1.98. The number of nitro groups is 1.